The summed E-state index contributed by atoms with van der Waals surface area (Å²) in [5, 5.41) is 8.58. The molecular formula is C7H6Cl2N2. The highest BCUT2D eigenvalue weighted by Crippen LogP contribution is 2.35. The quantitative estimate of drug-likeness (QED) is 0.538. The minimum absolute atomic E-state index is 0.187. The molecule has 0 bridgehead atoms. The van der Waals surface area contributed by atoms with Gasteiger partial charge in [-0.1, -0.05) is 30.1 Å². The van der Waals surface area contributed by atoms with Crippen molar-refractivity contribution in [1.82, 2.24) is 0 Å². The molecule has 0 fully saturated rings. The van der Waals surface area contributed by atoms with E-state index in [1.54, 1.807) is 6.92 Å². The van der Waals surface area contributed by atoms with E-state index in [4.69, 9.17) is 28.5 Å². The molecule has 0 N–H and O–H groups in total. The van der Waals surface area contributed by atoms with Crippen molar-refractivity contribution in [2.24, 2.45) is 10.9 Å². The van der Waals surface area contributed by atoms with Crippen molar-refractivity contribution >= 4 is 29.4 Å². The Bertz CT molecular complexity index is 260. The van der Waals surface area contributed by atoms with Crippen molar-refractivity contribution < 1.29 is 0 Å². The molecule has 0 radical (unpaired) electrons. The first-order valence-corrected chi connectivity index (χ1v) is 3.86. The number of allylic oxidation sites excluding steroid dienone is 1. The van der Waals surface area contributed by atoms with Crippen LogP contribution in [0.3, 0.4) is 0 Å². The number of nitriles is 1. The zero-order valence-electron chi connectivity index (χ0n) is 5.88. The van der Waals surface area contributed by atoms with Crippen molar-refractivity contribution in [1.29, 1.82) is 5.26 Å². The van der Waals surface area contributed by atoms with Gasteiger partial charge in [0.05, 0.1) is 11.6 Å². The van der Waals surface area contributed by atoms with Gasteiger partial charge in [-0.25, -0.2) is 0 Å². The lowest BCUT2D eigenvalue weighted by atomic mass is 9.98. The van der Waals surface area contributed by atoms with E-state index in [0.29, 0.717) is 5.57 Å². The summed E-state index contributed by atoms with van der Waals surface area (Å²) in [5.41, 5.74) is 0.512. The fraction of sp³-hybridized carbons (Fsp3) is 0.429. The van der Waals surface area contributed by atoms with Crippen LogP contribution in [0.2, 0.25) is 0 Å². The Morgan fingerprint density at radius 3 is 2.82 bits per heavy atom. The zero-order chi connectivity index (χ0) is 8.48. The highest BCUT2D eigenvalue weighted by atomic mass is 35.5. The van der Waals surface area contributed by atoms with Crippen LogP contribution < -0.4 is 0 Å². The molecule has 58 valence electrons. The van der Waals surface area contributed by atoms with Crippen LogP contribution in [0.1, 0.15) is 6.92 Å². The second-order valence-electron chi connectivity index (χ2n) is 2.37. The second kappa shape index (κ2) is 2.84. The molecule has 1 aliphatic heterocycles. The molecule has 0 spiro atoms. The molecule has 4 heteroatoms. The topological polar surface area (TPSA) is 36.1 Å². The zero-order valence-corrected chi connectivity index (χ0v) is 7.39. The van der Waals surface area contributed by atoms with Gasteiger partial charge in [-0.2, -0.15) is 5.26 Å². The number of alkyl halides is 2. The summed E-state index contributed by atoms with van der Waals surface area (Å²) >= 11 is 11.6. The monoisotopic (exact) mass is 188 g/mol. The summed E-state index contributed by atoms with van der Waals surface area (Å²) in [5.74, 6) is -0.187. The standard InChI is InChI=1S/C7H6Cl2N2/c1-5-6(2-10)3-11-4-7(5,8)9/h3-5H,1H3. The number of hydrogen-bond acceptors (Lipinski definition) is 2. The lowest BCUT2D eigenvalue weighted by Gasteiger charge is -2.24. The lowest BCUT2D eigenvalue weighted by molar-refractivity contribution is 0.696. The van der Waals surface area contributed by atoms with Crippen LogP contribution in [0.4, 0.5) is 0 Å². The minimum Gasteiger partial charge on any atom is -0.265 e. The summed E-state index contributed by atoms with van der Waals surface area (Å²) in [6, 6.07) is 1.99. The Kier molecular flexibility index (Phi) is 2.22. The molecule has 0 aromatic rings. The van der Waals surface area contributed by atoms with Gasteiger partial charge in [-0.15, -0.1) is 0 Å². The van der Waals surface area contributed by atoms with Crippen LogP contribution >= 0.6 is 23.2 Å². The van der Waals surface area contributed by atoms with Crippen LogP contribution in [-0.4, -0.2) is 10.5 Å². The fourth-order valence-electron chi connectivity index (χ4n) is 0.774. The first kappa shape index (κ1) is 8.58. The molecule has 0 aliphatic carbocycles. The molecule has 0 saturated carbocycles. The third kappa shape index (κ3) is 1.55. The van der Waals surface area contributed by atoms with Crippen molar-refractivity contribution in [2.75, 3.05) is 0 Å². The molecule has 1 rings (SSSR count). The minimum atomic E-state index is -1.03. The van der Waals surface area contributed by atoms with Gasteiger partial charge in [0.15, 0.2) is 4.33 Å². The SMILES string of the molecule is CC1C(C#N)=CN=CC1(Cl)Cl. The van der Waals surface area contributed by atoms with Crippen LogP contribution in [0, 0.1) is 17.2 Å². The molecule has 1 heterocycles. The van der Waals surface area contributed by atoms with Crippen LogP contribution in [0.5, 0.6) is 0 Å². The molecule has 11 heavy (non-hydrogen) atoms. The molecule has 1 aliphatic rings. The van der Waals surface area contributed by atoms with E-state index in [9.17, 15) is 0 Å². The maximum absolute atomic E-state index is 8.58. The summed E-state index contributed by atoms with van der Waals surface area (Å²) in [4.78, 5) is 3.76. The Morgan fingerprint density at radius 1 is 1.73 bits per heavy atom. The van der Waals surface area contributed by atoms with Gasteiger partial charge in [-0.05, 0) is 0 Å². The summed E-state index contributed by atoms with van der Waals surface area (Å²) in [6.45, 7) is 1.79. The van der Waals surface area contributed by atoms with E-state index < -0.39 is 4.33 Å². The molecule has 0 amide bonds. The summed E-state index contributed by atoms with van der Waals surface area (Å²) in [7, 11) is 0. The Hall–Kier alpha value is -0.520. The summed E-state index contributed by atoms with van der Waals surface area (Å²) in [6.07, 6.45) is 2.91. The van der Waals surface area contributed by atoms with Gasteiger partial charge in [0.1, 0.15) is 0 Å². The molecule has 0 saturated heterocycles. The first-order chi connectivity index (χ1) is 5.08. The van der Waals surface area contributed by atoms with Crippen LogP contribution in [-0.2, 0) is 0 Å². The van der Waals surface area contributed by atoms with Gasteiger partial charge in [0.25, 0.3) is 0 Å². The molecule has 2 nitrogen and oxygen atoms in total. The Labute approximate surface area is 75.1 Å². The van der Waals surface area contributed by atoms with Gasteiger partial charge in [0, 0.05) is 18.3 Å². The normalized spacial score (nSPS) is 27.5. The lowest BCUT2D eigenvalue weighted by Crippen LogP contribution is -2.28. The fourth-order valence-corrected chi connectivity index (χ4v) is 1.12. The van der Waals surface area contributed by atoms with Crippen LogP contribution in [0.25, 0.3) is 0 Å². The van der Waals surface area contributed by atoms with Gasteiger partial charge in [0.2, 0.25) is 0 Å². The van der Waals surface area contributed by atoms with Crippen molar-refractivity contribution in [2.45, 2.75) is 11.3 Å². The second-order valence-corrected chi connectivity index (χ2v) is 3.81. The highest BCUT2D eigenvalue weighted by molar-refractivity contribution is 6.56. The van der Waals surface area contributed by atoms with E-state index in [0.717, 1.165) is 0 Å². The Morgan fingerprint density at radius 2 is 2.36 bits per heavy atom. The Balaban J connectivity index is 2.98. The average Bonchev–Trinajstić information content (AvgIpc) is 1.95. The molecule has 1 unspecified atom stereocenters. The number of halogens is 2. The highest BCUT2D eigenvalue weighted by Gasteiger charge is 2.34. The number of rotatable bonds is 0. The number of hydrogen-bond donors (Lipinski definition) is 0. The van der Waals surface area contributed by atoms with Gasteiger partial charge in [-0.3, -0.25) is 4.99 Å². The maximum Gasteiger partial charge on any atom is 0.160 e. The van der Waals surface area contributed by atoms with Crippen molar-refractivity contribution in [3.63, 3.8) is 0 Å². The van der Waals surface area contributed by atoms with Gasteiger partial charge < -0.3 is 0 Å². The average molecular weight is 189 g/mol. The van der Waals surface area contributed by atoms with E-state index in [-0.39, 0.29) is 5.92 Å². The predicted molar refractivity (Wildman–Crippen MR) is 45.8 cm³/mol. The molecule has 0 aromatic carbocycles. The molecular weight excluding hydrogens is 183 g/mol. The third-order valence-corrected chi connectivity index (χ3v) is 2.48. The van der Waals surface area contributed by atoms with E-state index in [2.05, 4.69) is 4.99 Å². The van der Waals surface area contributed by atoms with E-state index in [1.165, 1.54) is 12.4 Å². The molecule has 0 aromatic heterocycles. The smallest absolute Gasteiger partial charge is 0.160 e. The van der Waals surface area contributed by atoms with Crippen LogP contribution in [0.15, 0.2) is 16.8 Å². The van der Waals surface area contributed by atoms with Gasteiger partial charge >= 0.3 is 0 Å². The molecule has 1 atom stereocenters. The largest absolute Gasteiger partial charge is 0.265 e. The van der Waals surface area contributed by atoms with E-state index in [1.807, 2.05) is 6.07 Å². The predicted octanol–water partition coefficient (Wildman–Crippen LogP) is 2.29. The maximum atomic E-state index is 8.58. The summed E-state index contributed by atoms with van der Waals surface area (Å²) < 4.78 is -1.03. The number of nitrogens with zero attached hydrogens (tertiary/aromatic N) is 2. The van der Waals surface area contributed by atoms with Crippen molar-refractivity contribution in [3.8, 4) is 6.07 Å². The number of aliphatic imine (C=N–C) groups is 1. The van der Waals surface area contributed by atoms with Crippen molar-refractivity contribution in [3.05, 3.63) is 11.8 Å². The first-order valence-electron chi connectivity index (χ1n) is 3.10. The van der Waals surface area contributed by atoms with E-state index >= 15 is 0 Å². The third-order valence-electron chi connectivity index (χ3n) is 1.63.